The molecule has 0 unspecified atom stereocenters. The van der Waals surface area contributed by atoms with E-state index in [1.165, 1.54) is 0 Å². The molecule has 0 saturated heterocycles. The number of hydrogen-bond donors (Lipinski definition) is 3. The van der Waals surface area contributed by atoms with Crippen LogP contribution in [0.2, 0.25) is 0 Å². The lowest BCUT2D eigenvalue weighted by atomic mass is 9.80. The van der Waals surface area contributed by atoms with Crippen molar-refractivity contribution in [3.8, 4) is 5.69 Å². The van der Waals surface area contributed by atoms with Gasteiger partial charge in [0.05, 0.1) is 11.0 Å². The maximum absolute atomic E-state index is 9.43. The van der Waals surface area contributed by atoms with Crippen LogP contribution in [0.4, 0.5) is 0 Å². The van der Waals surface area contributed by atoms with E-state index in [0.29, 0.717) is 5.46 Å². The van der Waals surface area contributed by atoms with E-state index in [9.17, 15) is 10.0 Å². The quantitative estimate of drug-likeness (QED) is 0.498. The van der Waals surface area contributed by atoms with Crippen LogP contribution >= 0.6 is 0 Å². The lowest BCUT2D eigenvalue weighted by Gasteiger charge is -2.07. The van der Waals surface area contributed by atoms with Gasteiger partial charge in [-0.1, -0.05) is 48.5 Å². The molecule has 1 heterocycles. The summed E-state index contributed by atoms with van der Waals surface area (Å²) in [6.07, 6.45) is 0. The van der Waals surface area contributed by atoms with E-state index in [4.69, 9.17) is 0 Å². The van der Waals surface area contributed by atoms with Crippen LogP contribution in [0.3, 0.4) is 0 Å². The second kappa shape index (κ2) is 5.89. The maximum atomic E-state index is 9.43. The average Bonchev–Trinajstić information content (AvgIpc) is 2.89. The van der Waals surface area contributed by atoms with Crippen molar-refractivity contribution >= 4 is 34.4 Å². The number of aromatic nitrogens is 1. The van der Waals surface area contributed by atoms with Gasteiger partial charge in [-0.2, -0.15) is 0 Å². The molecule has 0 aliphatic heterocycles. The molecule has 4 aromatic rings. The average molecular weight is 304 g/mol. The highest BCUT2D eigenvalue weighted by Crippen LogP contribution is 2.31. The third-order valence-corrected chi connectivity index (χ3v) is 4.01. The van der Waals surface area contributed by atoms with Crippen LogP contribution in [0, 0.1) is 0 Å². The van der Waals surface area contributed by atoms with Crippen LogP contribution in [0.15, 0.2) is 72.8 Å². The Balaban J connectivity index is 0.00000156. The summed E-state index contributed by atoms with van der Waals surface area (Å²) in [6, 6.07) is 23.9. The van der Waals surface area contributed by atoms with E-state index >= 15 is 0 Å². The highest BCUT2D eigenvalue weighted by Gasteiger charge is 2.16. The van der Waals surface area contributed by atoms with E-state index < -0.39 is 7.12 Å². The Bertz CT molecular complexity index is 965. The standard InChI is InChI=1S/C18H14BNO2.H3N/c21-19(22)13-10-11-18-16(12-13)15-8-4-5-9-17(15)20(18)14-6-2-1-3-7-14;/h1-12,21-22H;1H3. The van der Waals surface area contributed by atoms with Gasteiger partial charge in [0.2, 0.25) is 0 Å². The molecule has 0 atom stereocenters. The summed E-state index contributed by atoms with van der Waals surface area (Å²) in [6.45, 7) is 0. The fourth-order valence-electron chi connectivity index (χ4n) is 3.01. The Morgan fingerprint density at radius 1 is 0.696 bits per heavy atom. The molecule has 3 aromatic carbocycles. The number of nitrogens with zero attached hydrogens (tertiary/aromatic N) is 1. The highest BCUT2D eigenvalue weighted by molar-refractivity contribution is 6.59. The van der Waals surface area contributed by atoms with Crippen LogP contribution in [0.25, 0.3) is 27.5 Å². The summed E-state index contributed by atoms with van der Waals surface area (Å²) in [5.74, 6) is 0. The minimum absolute atomic E-state index is 0. The zero-order valence-electron chi connectivity index (χ0n) is 12.6. The van der Waals surface area contributed by atoms with Crippen LogP contribution in [-0.4, -0.2) is 21.7 Å². The first kappa shape index (κ1) is 15.3. The van der Waals surface area contributed by atoms with E-state index in [-0.39, 0.29) is 6.15 Å². The second-order valence-corrected chi connectivity index (χ2v) is 5.34. The molecule has 23 heavy (non-hydrogen) atoms. The maximum Gasteiger partial charge on any atom is 0.488 e. The van der Waals surface area contributed by atoms with Crippen LogP contribution in [0.5, 0.6) is 0 Å². The summed E-state index contributed by atoms with van der Waals surface area (Å²) in [5.41, 5.74) is 3.75. The number of para-hydroxylation sites is 2. The third kappa shape index (κ3) is 2.41. The SMILES string of the molecule is N.OB(O)c1ccc2c(c1)c1ccccc1n2-c1ccccc1. The monoisotopic (exact) mass is 304 g/mol. The van der Waals surface area contributed by atoms with Crippen molar-refractivity contribution < 1.29 is 10.0 Å². The Hall–Kier alpha value is -2.60. The first-order chi connectivity index (χ1) is 10.8. The van der Waals surface area contributed by atoms with Gasteiger partial charge in [-0.3, -0.25) is 0 Å². The largest absolute Gasteiger partial charge is 0.488 e. The third-order valence-electron chi connectivity index (χ3n) is 4.01. The number of benzene rings is 3. The number of hydrogen-bond acceptors (Lipinski definition) is 3. The molecule has 0 amide bonds. The summed E-state index contributed by atoms with van der Waals surface area (Å²) in [5, 5.41) is 21.0. The first-order valence-corrected chi connectivity index (χ1v) is 7.20. The molecular formula is C18H17BN2O2. The van der Waals surface area contributed by atoms with Gasteiger partial charge in [0.15, 0.2) is 0 Å². The van der Waals surface area contributed by atoms with Crippen LogP contribution in [-0.2, 0) is 0 Å². The van der Waals surface area contributed by atoms with Crippen molar-refractivity contribution in [2.45, 2.75) is 0 Å². The Morgan fingerprint density at radius 2 is 1.35 bits per heavy atom. The van der Waals surface area contributed by atoms with Crippen molar-refractivity contribution in [2.75, 3.05) is 0 Å². The normalized spacial score (nSPS) is 10.7. The molecule has 4 rings (SSSR count). The fourth-order valence-corrected chi connectivity index (χ4v) is 3.01. The van der Waals surface area contributed by atoms with E-state index in [1.807, 2.05) is 42.5 Å². The summed E-state index contributed by atoms with van der Waals surface area (Å²) < 4.78 is 2.19. The molecule has 0 fully saturated rings. The Kier molecular flexibility index (Phi) is 3.92. The first-order valence-electron chi connectivity index (χ1n) is 7.20. The number of fused-ring (bicyclic) bond motifs is 3. The van der Waals surface area contributed by atoms with E-state index in [1.54, 1.807) is 6.07 Å². The molecule has 0 spiro atoms. The molecule has 1 aromatic heterocycles. The molecule has 0 bridgehead atoms. The van der Waals surface area contributed by atoms with Crippen molar-refractivity contribution in [1.29, 1.82) is 0 Å². The van der Waals surface area contributed by atoms with Gasteiger partial charge in [-0.15, -0.1) is 0 Å². The van der Waals surface area contributed by atoms with Crippen LogP contribution < -0.4 is 11.6 Å². The molecule has 0 aliphatic carbocycles. The van der Waals surface area contributed by atoms with Gasteiger partial charge in [0, 0.05) is 16.5 Å². The molecule has 5 N–H and O–H groups in total. The second-order valence-electron chi connectivity index (χ2n) is 5.34. The lowest BCUT2D eigenvalue weighted by molar-refractivity contribution is 0.426. The van der Waals surface area contributed by atoms with E-state index in [0.717, 1.165) is 27.5 Å². The minimum atomic E-state index is -1.46. The lowest BCUT2D eigenvalue weighted by Crippen LogP contribution is -2.29. The molecule has 4 nitrogen and oxygen atoms in total. The topological polar surface area (TPSA) is 80.4 Å². The van der Waals surface area contributed by atoms with E-state index in [2.05, 4.69) is 28.8 Å². The highest BCUT2D eigenvalue weighted by atomic mass is 16.4. The van der Waals surface area contributed by atoms with Gasteiger partial charge < -0.3 is 20.8 Å². The minimum Gasteiger partial charge on any atom is -0.423 e. The smallest absolute Gasteiger partial charge is 0.423 e. The predicted molar refractivity (Wildman–Crippen MR) is 95.6 cm³/mol. The van der Waals surface area contributed by atoms with Gasteiger partial charge in [-0.05, 0) is 29.7 Å². The Labute approximate surface area is 134 Å². The van der Waals surface area contributed by atoms with Gasteiger partial charge in [0.25, 0.3) is 0 Å². The fraction of sp³-hybridized carbons (Fsp3) is 0. The zero-order chi connectivity index (χ0) is 15.1. The molecule has 0 saturated carbocycles. The predicted octanol–water partition coefficient (Wildman–Crippen LogP) is 2.63. The molecule has 5 heteroatoms. The van der Waals surface area contributed by atoms with Crippen molar-refractivity contribution in [3.63, 3.8) is 0 Å². The molecule has 0 aliphatic rings. The van der Waals surface area contributed by atoms with Crippen molar-refractivity contribution in [2.24, 2.45) is 0 Å². The van der Waals surface area contributed by atoms with Gasteiger partial charge in [0.1, 0.15) is 0 Å². The number of rotatable bonds is 2. The summed E-state index contributed by atoms with van der Waals surface area (Å²) >= 11 is 0. The summed E-state index contributed by atoms with van der Waals surface area (Å²) in [7, 11) is -1.46. The van der Waals surface area contributed by atoms with Gasteiger partial charge in [-0.25, -0.2) is 0 Å². The van der Waals surface area contributed by atoms with Gasteiger partial charge >= 0.3 is 7.12 Å². The Morgan fingerprint density at radius 3 is 2.09 bits per heavy atom. The van der Waals surface area contributed by atoms with Crippen molar-refractivity contribution in [3.05, 3.63) is 72.8 Å². The van der Waals surface area contributed by atoms with Crippen molar-refractivity contribution in [1.82, 2.24) is 10.7 Å². The molecule has 0 radical (unpaired) electrons. The summed E-state index contributed by atoms with van der Waals surface area (Å²) in [4.78, 5) is 0. The molecular weight excluding hydrogens is 287 g/mol. The zero-order valence-corrected chi connectivity index (χ0v) is 12.6. The molecule has 114 valence electrons. The van der Waals surface area contributed by atoms with Crippen LogP contribution in [0.1, 0.15) is 0 Å².